The van der Waals surface area contributed by atoms with Gasteiger partial charge in [-0.25, -0.2) is 0 Å². The van der Waals surface area contributed by atoms with E-state index in [4.69, 9.17) is 3.07 Å². The Balaban J connectivity index is 1.80. The van der Waals surface area contributed by atoms with Gasteiger partial charge in [-0.15, -0.1) is 0 Å². The van der Waals surface area contributed by atoms with Crippen molar-refractivity contribution in [1.29, 1.82) is 0 Å². The molecule has 0 saturated carbocycles. The summed E-state index contributed by atoms with van der Waals surface area (Å²) in [7, 11) is 1.79. The first-order valence-electron chi connectivity index (χ1n) is 8.11. The van der Waals surface area contributed by atoms with Crippen LogP contribution in [0.15, 0.2) is 55.1 Å². The Bertz CT molecular complexity index is 827. The molecule has 2 aromatic carbocycles. The Morgan fingerprint density at radius 1 is 1.07 bits per heavy atom. The molecule has 1 N–H and O–H groups in total. The van der Waals surface area contributed by atoms with Crippen molar-refractivity contribution in [2.75, 3.05) is 13.6 Å². The number of nitrogens with one attached hydrogen (secondary N) is 1. The van der Waals surface area contributed by atoms with Gasteiger partial charge in [-0.05, 0) is 0 Å². The molecule has 1 aliphatic rings. The number of alkyl halides is 5. The van der Waals surface area contributed by atoms with Crippen molar-refractivity contribution in [1.82, 2.24) is 5.32 Å². The standard InChI is InChI=1S/C19H18F4INO2/c1-13-16-5-3-4-6-17(16)24(27-13)18(20,21)19(22,23)26-15-9-7-14(8-10-15)11-12-25-2/h3-10,25H,1,11-12H2,2H3. The average Bonchev–Trinajstić information content (AvgIpc) is 2.98. The van der Waals surface area contributed by atoms with Gasteiger partial charge in [0.1, 0.15) is 0 Å². The van der Waals surface area contributed by atoms with Crippen molar-refractivity contribution in [2.45, 2.75) is 16.5 Å². The third-order valence-corrected chi connectivity index (χ3v) is 8.73. The molecule has 3 nitrogen and oxygen atoms in total. The number of hydrogen-bond acceptors (Lipinski definition) is 3. The quantitative estimate of drug-likeness (QED) is 0.321. The molecule has 8 heteroatoms. The Morgan fingerprint density at radius 3 is 2.41 bits per heavy atom. The molecule has 3 rings (SSSR count). The predicted octanol–water partition coefficient (Wildman–Crippen LogP) is 5.31. The van der Waals surface area contributed by atoms with E-state index < -0.39 is 30.3 Å². The zero-order valence-corrected chi connectivity index (χ0v) is 16.6. The van der Waals surface area contributed by atoms with Crippen LogP contribution in [0.1, 0.15) is 11.1 Å². The first kappa shape index (κ1) is 19.9. The van der Waals surface area contributed by atoms with E-state index in [0.717, 1.165) is 5.56 Å². The van der Waals surface area contributed by atoms with Crippen molar-refractivity contribution < 1.29 is 25.4 Å². The second-order valence-electron chi connectivity index (χ2n) is 5.84. The molecule has 0 bridgehead atoms. The van der Waals surface area contributed by atoms with Gasteiger partial charge in [0.2, 0.25) is 0 Å². The van der Waals surface area contributed by atoms with Crippen LogP contribution in [0.3, 0.4) is 0 Å². The molecule has 0 fully saturated rings. The number of halogens is 5. The Labute approximate surface area is 162 Å². The van der Waals surface area contributed by atoms with Gasteiger partial charge in [-0.3, -0.25) is 0 Å². The van der Waals surface area contributed by atoms with Crippen LogP contribution in [0, 0.1) is 3.57 Å². The van der Waals surface area contributed by atoms with Gasteiger partial charge in [0.05, 0.1) is 0 Å². The molecular formula is C19H18F4INO2. The van der Waals surface area contributed by atoms with Crippen molar-refractivity contribution in [3.63, 3.8) is 0 Å². The monoisotopic (exact) mass is 495 g/mol. The Morgan fingerprint density at radius 2 is 1.74 bits per heavy atom. The molecule has 146 valence electrons. The molecule has 1 heterocycles. The van der Waals surface area contributed by atoms with E-state index in [0.29, 0.717) is 18.5 Å². The van der Waals surface area contributed by atoms with Crippen LogP contribution in [0.2, 0.25) is 0 Å². The van der Waals surface area contributed by atoms with E-state index >= 15 is 0 Å². The summed E-state index contributed by atoms with van der Waals surface area (Å²) in [5, 5.41) is 2.97. The van der Waals surface area contributed by atoms with E-state index in [1.54, 1.807) is 25.2 Å². The molecule has 0 atom stereocenters. The van der Waals surface area contributed by atoms with Crippen molar-refractivity contribution in [3.8, 4) is 5.75 Å². The summed E-state index contributed by atoms with van der Waals surface area (Å²) < 4.78 is 63.5. The molecule has 0 radical (unpaired) electrons. The molecule has 27 heavy (non-hydrogen) atoms. The molecule has 1 aliphatic heterocycles. The average molecular weight is 495 g/mol. The summed E-state index contributed by atoms with van der Waals surface area (Å²) >= 11 is -4.07. The number of likely N-dealkylation sites (N-methyl/N-ethyl adjacent to an activating group) is 1. The van der Waals surface area contributed by atoms with E-state index in [1.165, 1.54) is 30.3 Å². The maximum absolute atomic E-state index is 14.7. The molecule has 0 spiro atoms. The van der Waals surface area contributed by atoms with Gasteiger partial charge >= 0.3 is 162 Å². The molecular weight excluding hydrogens is 477 g/mol. The number of hydrogen-bond donors (Lipinski definition) is 1. The normalized spacial score (nSPS) is 15.4. The third-order valence-electron chi connectivity index (χ3n) is 3.91. The molecule has 0 aromatic heterocycles. The predicted molar refractivity (Wildman–Crippen MR) is 104 cm³/mol. The van der Waals surface area contributed by atoms with Gasteiger partial charge in [0, 0.05) is 0 Å². The maximum atomic E-state index is 14.7. The van der Waals surface area contributed by atoms with E-state index in [9.17, 15) is 17.6 Å². The van der Waals surface area contributed by atoms with Gasteiger partial charge in [0.25, 0.3) is 0 Å². The van der Waals surface area contributed by atoms with Crippen LogP contribution in [-0.4, -0.2) is 23.6 Å². The second-order valence-corrected chi connectivity index (χ2v) is 10.2. The summed E-state index contributed by atoms with van der Waals surface area (Å²) in [6.07, 6.45) is -4.02. The first-order chi connectivity index (χ1) is 12.8. The van der Waals surface area contributed by atoms with Crippen LogP contribution < -0.4 is 10.1 Å². The first-order valence-corrected chi connectivity index (χ1v) is 11.1. The SMILES string of the molecule is C=C1OI(C(F)(F)C(F)(F)Oc2ccc(CCNC)cc2)c2ccccc21. The number of ether oxygens (including phenoxy) is 1. The molecule has 0 aliphatic carbocycles. The molecule has 2 aromatic rings. The summed E-state index contributed by atoms with van der Waals surface area (Å²) in [4.78, 5) is 0. The van der Waals surface area contributed by atoms with Crippen LogP contribution in [-0.2, 0) is 9.49 Å². The van der Waals surface area contributed by atoms with Crippen LogP contribution in [0.5, 0.6) is 5.75 Å². The summed E-state index contributed by atoms with van der Waals surface area (Å²) in [6.45, 7) is 4.26. The summed E-state index contributed by atoms with van der Waals surface area (Å²) in [6, 6.07) is 11.7. The molecule has 0 amide bonds. The second kappa shape index (κ2) is 7.67. The fraction of sp³-hybridized carbons (Fsp3) is 0.263. The van der Waals surface area contributed by atoms with Gasteiger partial charge in [-0.2, -0.15) is 0 Å². The van der Waals surface area contributed by atoms with Crippen molar-refractivity contribution in [3.05, 3.63) is 69.8 Å². The fourth-order valence-electron chi connectivity index (χ4n) is 2.49. The Hall–Kier alpha value is -1.81. The summed E-state index contributed by atoms with van der Waals surface area (Å²) in [5.74, 6) is -0.324. The minimum absolute atomic E-state index is 0.000150. The topological polar surface area (TPSA) is 30.5 Å². The number of benzene rings is 2. The van der Waals surface area contributed by atoms with Crippen LogP contribution >= 0.6 is 20.2 Å². The van der Waals surface area contributed by atoms with Crippen molar-refractivity contribution >= 4 is 26.0 Å². The van der Waals surface area contributed by atoms with Gasteiger partial charge in [-0.1, -0.05) is 0 Å². The van der Waals surface area contributed by atoms with Gasteiger partial charge < -0.3 is 0 Å². The summed E-state index contributed by atoms with van der Waals surface area (Å²) in [5.41, 5.74) is 1.23. The van der Waals surface area contributed by atoms with E-state index in [1.807, 2.05) is 0 Å². The fourth-order valence-corrected chi connectivity index (χ4v) is 6.72. The zero-order valence-electron chi connectivity index (χ0n) is 14.4. The van der Waals surface area contributed by atoms with Crippen LogP contribution in [0.25, 0.3) is 5.76 Å². The molecule has 0 saturated heterocycles. The van der Waals surface area contributed by atoms with E-state index in [-0.39, 0.29) is 15.1 Å². The molecule has 0 unspecified atom stereocenters. The number of rotatable bonds is 7. The zero-order chi connectivity index (χ0) is 19.7. The third kappa shape index (κ3) is 3.91. The Kier molecular flexibility index (Phi) is 5.66. The minimum atomic E-state index is -4.71. The van der Waals surface area contributed by atoms with Gasteiger partial charge in [0.15, 0.2) is 0 Å². The van der Waals surface area contributed by atoms with Crippen molar-refractivity contribution in [2.24, 2.45) is 0 Å². The van der Waals surface area contributed by atoms with Crippen LogP contribution in [0.4, 0.5) is 17.6 Å². The van der Waals surface area contributed by atoms with E-state index in [2.05, 4.69) is 16.6 Å². The number of fused-ring (bicyclic) bond motifs is 1.